The van der Waals surface area contributed by atoms with E-state index in [1.165, 1.54) is 0 Å². The quantitative estimate of drug-likeness (QED) is 0.885. The highest BCUT2D eigenvalue weighted by molar-refractivity contribution is 5.95. The summed E-state index contributed by atoms with van der Waals surface area (Å²) >= 11 is 0. The van der Waals surface area contributed by atoms with E-state index in [-0.39, 0.29) is 12.0 Å². The fourth-order valence-corrected chi connectivity index (χ4v) is 2.41. The monoisotopic (exact) mass is 301 g/mol. The predicted molar refractivity (Wildman–Crippen MR) is 81.3 cm³/mol. The van der Waals surface area contributed by atoms with Crippen molar-refractivity contribution in [3.63, 3.8) is 0 Å². The summed E-state index contributed by atoms with van der Waals surface area (Å²) in [6, 6.07) is 7.52. The van der Waals surface area contributed by atoms with Crippen LogP contribution in [-0.2, 0) is 6.42 Å². The number of fused-ring (bicyclic) bond motifs is 1. The first-order chi connectivity index (χ1) is 10.8. The number of nitrogens with one attached hydrogen (secondary N) is 2. The van der Waals surface area contributed by atoms with Crippen LogP contribution in [0, 0.1) is 0 Å². The van der Waals surface area contributed by atoms with Crippen LogP contribution in [0.25, 0.3) is 0 Å². The van der Waals surface area contributed by atoms with E-state index in [0.717, 1.165) is 24.3 Å². The van der Waals surface area contributed by atoms with Crippen molar-refractivity contribution in [1.82, 2.24) is 15.5 Å². The minimum atomic E-state index is -0.194. The molecule has 0 bridgehead atoms. The molecule has 6 nitrogen and oxygen atoms in total. The average molecular weight is 301 g/mol. The Kier molecular flexibility index (Phi) is 4.27. The number of amides is 1. The van der Waals surface area contributed by atoms with Gasteiger partial charge in [-0.3, -0.25) is 9.89 Å². The molecule has 0 unspecified atom stereocenters. The summed E-state index contributed by atoms with van der Waals surface area (Å²) in [6.45, 7) is 2.88. The van der Waals surface area contributed by atoms with Crippen LogP contribution in [0.3, 0.4) is 0 Å². The van der Waals surface area contributed by atoms with E-state index in [9.17, 15) is 4.79 Å². The van der Waals surface area contributed by atoms with Crippen molar-refractivity contribution in [1.29, 1.82) is 0 Å². The minimum absolute atomic E-state index is 0.139. The van der Waals surface area contributed by atoms with Crippen LogP contribution >= 0.6 is 0 Å². The number of hydrogen-bond acceptors (Lipinski definition) is 4. The number of H-pyrrole nitrogens is 1. The molecule has 1 aliphatic rings. The summed E-state index contributed by atoms with van der Waals surface area (Å²) in [7, 11) is 0. The number of aryl methyl sites for hydroxylation is 1. The molecule has 22 heavy (non-hydrogen) atoms. The molecule has 1 aromatic carbocycles. The largest absolute Gasteiger partial charge is 0.486 e. The van der Waals surface area contributed by atoms with Crippen molar-refractivity contribution in [2.45, 2.75) is 25.9 Å². The van der Waals surface area contributed by atoms with Crippen LogP contribution in [-0.4, -0.2) is 35.4 Å². The number of nitrogens with zero attached hydrogens (tertiary/aromatic N) is 1. The maximum Gasteiger partial charge on any atom is 0.254 e. The molecule has 1 atom stereocenters. The minimum Gasteiger partial charge on any atom is -0.486 e. The first-order valence-corrected chi connectivity index (χ1v) is 7.47. The maximum atomic E-state index is 12.2. The van der Waals surface area contributed by atoms with Gasteiger partial charge in [0.2, 0.25) is 0 Å². The third-order valence-corrected chi connectivity index (χ3v) is 3.52. The molecule has 1 aromatic heterocycles. The molecule has 1 aliphatic heterocycles. The number of aromatic nitrogens is 2. The highest BCUT2D eigenvalue weighted by Crippen LogP contribution is 2.30. The Hall–Kier alpha value is -2.50. The van der Waals surface area contributed by atoms with Crippen LogP contribution < -0.4 is 14.8 Å². The van der Waals surface area contributed by atoms with Gasteiger partial charge >= 0.3 is 0 Å². The standard InChI is InChI=1S/C16H19N3O3/c1-2-5-13-12(9-18-19-13)16(20)17-8-11-10-21-14-6-3-4-7-15(14)22-11/h3-4,6-7,9,11H,2,5,8,10H2,1H3,(H,17,20)(H,18,19)/t11-/m1/s1. The Morgan fingerprint density at radius 2 is 2.23 bits per heavy atom. The molecule has 0 saturated carbocycles. The van der Waals surface area contributed by atoms with E-state index in [0.29, 0.717) is 24.5 Å². The highest BCUT2D eigenvalue weighted by atomic mass is 16.6. The fourth-order valence-electron chi connectivity index (χ4n) is 2.41. The second-order valence-electron chi connectivity index (χ2n) is 5.22. The molecule has 6 heteroatoms. The molecule has 0 aliphatic carbocycles. The van der Waals surface area contributed by atoms with E-state index in [1.807, 2.05) is 24.3 Å². The van der Waals surface area contributed by atoms with Crippen LogP contribution in [0.2, 0.25) is 0 Å². The van der Waals surface area contributed by atoms with Crippen molar-refractivity contribution in [2.75, 3.05) is 13.2 Å². The fraction of sp³-hybridized carbons (Fsp3) is 0.375. The Labute approximate surface area is 128 Å². The van der Waals surface area contributed by atoms with Crippen molar-refractivity contribution in [2.24, 2.45) is 0 Å². The number of aromatic amines is 1. The van der Waals surface area contributed by atoms with E-state index in [1.54, 1.807) is 6.20 Å². The van der Waals surface area contributed by atoms with Crippen molar-refractivity contribution < 1.29 is 14.3 Å². The van der Waals surface area contributed by atoms with E-state index in [2.05, 4.69) is 22.4 Å². The van der Waals surface area contributed by atoms with Crippen molar-refractivity contribution in [3.05, 3.63) is 41.7 Å². The van der Waals surface area contributed by atoms with Gasteiger partial charge in [0.1, 0.15) is 12.7 Å². The van der Waals surface area contributed by atoms with Crippen LogP contribution in [0.1, 0.15) is 29.4 Å². The predicted octanol–water partition coefficient (Wildman–Crippen LogP) is 1.93. The van der Waals surface area contributed by atoms with Crippen molar-refractivity contribution in [3.8, 4) is 11.5 Å². The van der Waals surface area contributed by atoms with E-state index in [4.69, 9.17) is 9.47 Å². The molecule has 0 spiro atoms. The lowest BCUT2D eigenvalue weighted by atomic mass is 10.1. The van der Waals surface area contributed by atoms with Gasteiger partial charge in [0.15, 0.2) is 11.5 Å². The number of rotatable bonds is 5. The summed E-state index contributed by atoms with van der Waals surface area (Å²) in [5, 5.41) is 9.70. The van der Waals surface area contributed by atoms with E-state index >= 15 is 0 Å². The maximum absolute atomic E-state index is 12.2. The Morgan fingerprint density at radius 3 is 3.05 bits per heavy atom. The number of hydrogen-bond donors (Lipinski definition) is 2. The molecule has 2 N–H and O–H groups in total. The molecule has 0 radical (unpaired) electrons. The normalized spacial score (nSPS) is 16.3. The van der Waals surface area contributed by atoms with Crippen LogP contribution in [0.5, 0.6) is 11.5 Å². The highest BCUT2D eigenvalue weighted by Gasteiger charge is 2.22. The second kappa shape index (κ2) is 6.51. The number of ether oxygens (including phenoxy) is 2. The van der Waals surface area contributed by atoms with Gasteiger partial charge in [0.25, 0.3) is 5.91 Å². The topological polar surface area (TPSA) is 76.2 Å². The average Bonchev–Trinajstić information content (AvgIpc) is 3.01. The summed E-state index contributed by atoms with van der Waals surface area (Å²) in [5.41, 5.74) is 1.46. The van der Waals surface area contributed by atoms with Crippen LogP contribution in [0.15, 0.2) is 30.5 Å². The molecular weight excluding hydrogens is 282 g/mol. The first-order valence-electron chi connectivity index (χ1n) is 7.47. The molecule has 0 saturated heterocycles. The SMILES string of the molecule is CCCc1[nH]ncc1C(=O)NC[C@@H]1COc2ccccc2O1. The molecule has 0 fully saturated rings. The second-order valence-corrected chi connectivity index (χ2v) is 5.22. The molecule has 3 rings (SSSR count). The van der Waals surface area contributed by atoms with Crippen LogP contribution in [0.4, 0.5) is 0 Å². The third kappa shape index (κ3) is 3.05. The molecule has 2 heterocycles. The van der Waals surface area contributed by atoms with Gasteiger partial charge in [-0.25, -0.2) is 0 Å². The summed E-state index contributed by atoms with van der Waals surface area (Å²) in [4.78, 5) is 12.2. The van der Waals surface area contributed by atoms with Gasteiger partial charge < -0.3 is 14.8 Å². The zero-order valence-electron chi connectivity index (χ0n) is 12.5. The first kappa shape index (κ1) is 14.4. The lowest BCUT2D eigenvalue weighted by Gasteiger charge is -2.26. The number of benzene rings is 1. The summed E-state index contributed by atoms with van der Waals surface area (Å²) < 4.78 is 11.4. The smallest absolute Gasteiger partial charge is 0.254 e. The Morgan fingerprint density at radius 1 is 1.41 bits per heavy atom. The zero-order chi connectivity index (χ0) is 15.4. The van der Waals surface area contributed by atoms with E-state index < -0.39 is 0 Å². The Balaban J connectivity index is 1.57. The number of carbonyl (C=O) groups is 1. The van der Waals surface area contributed by atoms with Gasteiger partial charge in [-0.05, 0) is 18.6 Å². The lowest BCUT2D eigenvalue weighted by molar-refractivity contribution is 0.0788. The van der Waals surface area contributed by atoms with Gasteiger partial charge in [-0.1, -0.05) is 25.5 Å². The van der Waals surface area contributed by atoms with Gasteiger partial charge in [0, 0.05) is 5.69 Å². The van der Waals surface area contributed by atoms with Gasteiger partial charge in [0.05, 0.1) is 18.3 Å². The third-order valence-electron chi connectivity index (χ3n) is 3.52. The Bertz CT molecular complexity index is 654. The van der Waals surface area contributed by atoms with Gasteiger partial charge in [-0.15, -0.1) is 0 Å². The lowest BCUT2D eigenvalue weighted by Crippen LogP contribution is -2.40. The summed E-state index contributed by atoms with van der Waals surface area (Å²) in [5.74, 6) is 1.31. The number of carbonyl (C=O) groups excluding carboxylic acids is 1. The van der Waals surface area contributed by atoms with Gasteiger partial charge in [-0.2, -0.15) is 5.10 Å². The van der Waals surface area contributed by atoms with Crippen molar-refractivity contribution >= 4 is 5.91 Å². The summed E-state index contributed by atoms with van der Waals surface area (Å²) in [6.07, 6.45) is 3.13. The number of para-hydroxylation sites is 2. The zero-order valence-corrected chi connectivity index (χ0v) is 12.5. The molecule has 1 amide bonds. The molecule has 2 aromatic rings. The molecule has 116 valence electrons. The molecular formula is C16H19N3O3.